The molecule has 5 nitrogen and oxygen atoms in total. The molecule has 0 unspecified atom stereocenters. The minimum atomic E-state index is -3.53. The third-order valence-corrected chi connectivity index (χ3v) is 5.02. The van der Waals surface area contributed by atoms with Crippen LogP contribution in [0.5, 0.6) is 5.75 Å². The molecule has 0 saturated carbocycles. The first-order valence-corrected chi connectivity index (χ1v) is 7.32. The van der Waals surface area contributed by atoms with E-state index in [1.165, 1.54) is 32.0 Å². The SMILES string of the molecule is CC(C)(C(=O)Nc1ccc(O)c(Cl)c1)S(C)(=O)=O. The number of amides is 1. The highest BCUT2D eigenvalue weighted by molar-refractivity contribution is 7.92. The van der Waals surface area contributed by atoms with Crippen LogP contribution in [0, 0.1) is 0 Å². The van der Waals surface area contributed by atoms with Crippen LogP contribution in [0.2, 0.25) is 5.02 Å². The molecule has 0 aliphatic carbocycles. The van der Waals surface area contributed by atoms with Gasteiger partial charge in [0.25, 0.3) is 0 Å². The van der Waals surface area contributed by atoms with Crippen molar-refractivity contribution in [2.75, 3.05) is 11.6 Å². The first-order valence-electron chi connectivity index (χ1n) is 5.05. The number of hydrogen-bond acceptors (Lipinski definition) is 4. The molecule has 1 aromatic carbocycles. The van der Waals surface area contributed by atoms with Gasteiger partial charge in [0.1, 0.15) is 10.5 Å². The Labute approximate surface area is 111 Å². The smallest absolute Gasteiger partial charge is 0.245 e. The van der Waals surface area contributed by atoms with E-state index in [0.29, 0.717) is 5.69 Å². The maximum absolute atomic E-state index is 11.9. The molecule has 100 valence electrons. The molecule has 0 aliphatic heterocycles. The van der Waals surface area contributed by atoms with Crippen LogP contribution in [0.15, 0.2) is 18.2 Å². The summed E-state index contributed by atoms with van der Waals surface area (Å²) in [6, 6.07) is 4.08. The van der Waals surface area contributed by atoms with Gasteiger partial charge in [0.2, 0.25) is 5.91 Å². The van der Waals surface area contributed by atoms with Gasteiger partial charge in [0, 0.05) is 11.9 Å². The zero-order valence-corrected chi connectivity index (χ0v) is 11.8. The Morgan fingerprint density at radius 3 is 2.39 bits per heavy atom. The highest BCUT2D eigenvalue weighted by Gasteiger charge is 2.38. The van der Waals surface area contributed by atoms with Crippen molar-refractivity contribution in [1.29, 1.82) is 0 Å². The van der Waals surface area contributed by atoms with Crippen molar-refractivity contribution < 1.29 is 18.3 Å². The number of carbonyl (C=O) groups excluding carboxylic acids is 1. The van der Waals surface area contributed by atoms with Crippen LogP contribution in [-0.4, -0.2) is 30.4 Å². The Kier molecular flexibility index (Phi) is 3.92. The third-order valence-electron chi connectivity index (χ3n) is 2.68. The van der Waals surface area contributed by atoms with Crippen LogP contribution in [0.3, 0.4) is 0 Å². The summed E-state index contributed by atoms with van der Waals surface area (Å²) in [6.07, 6.45) is 0.996. The third kappa shape index (κ3) is 2.94. The van der Waals surface area contributed by atoms with E-state index < -0.39 is 20.5 Å². The van der Waals surface area contributed by atoms with Crippen molar-refractivity contribution in [2.45, 2.75) is 18.6 Å². The Hall–Kier alpha value is -1.27. The van der Waals surface area contributed by atoms with Gasteiger partial charge < -0.3 is 10.4 Å². The van der Waals surface area contributed by atoms with Gasteiger partial charge in [-0.1, -0.05) is 11.6 Å². The molecule has 1 amide bonds. The van der Waals surface area contributed by atoms with E-state index in [-0.39, 0.29) is 10.8 Å². The minimum absolute atomic E-state index is 0.0740. The lowest BCUT2D eigenvalue weighted by molar-refractivity contribution is -0.117. The van der Waals surface area contributed by atoms with Gasteiger partial charge in [-0.15, -0.1) is 0 Å². The van der Waals surface area contributed by atoms with Crippen molar-refractivity contribution in [1.82, 2.24) is 0 Å². The van der Waals surface area contributed by atoms with Gasteiger partial charge in [-0.2, -0.15) is 0 Å². The molecule has 0 fully saturated rings. The molecule has 0 heterocycles. The van der Waals surface area contributed by atoms with E-state index in [2.05, 4.69) is 5.32 Å². The number of phenolic OH excluding ortho intramolecular Hbond substituents is 1. The zero-order valence-electron chi connectivity index (χ0n) is 10.2. The lowest BCUT2D eigenvalue weighted by Gasteiger charge is -2.21. The Morgan fingerprint density at radius 1 is 1.39 bits per heavy atom. The number of benzene rings is 1. The Balaban J connectivity index is 2.99. The molecule has 0 aliphatic rings. The van der Waals surface area contributed by atoms with Crippen LogP contribution in [0.25, 0.3) is 0 Å². The molecule has 0 radical (unpaired) electrons. The Morgan fingerprint density at radius 2 is 1.94 bits per heavy atom. The molecule has 18 heavy (non-hydrogen) atoms. The molecule has 1 rings (SSSR count). The maximum Gasteiger partial charge on any atom is 0.245 e. The van der Waals surface area contributed by atoms with Crippen LogP contribution in [0.1, 0.15) is 13.8 Å². The number of anilines is 1. The lowest BCUT2D eigenvalue weighted by Crippen LogP contribution is -2.43. The number of aromatic hydroxyl groups is 1. The second-order valence-electron chi connectivity index (χ2n) is 4.40. The topological polar surface area (TPSA) is 83.5 Å². The van der Waals surface area contributed by atoms with Crippen molar-refractivity contribution in [3.8, 4) is 5.75 Å². The summed E-state index contributed by atoms with van der Waals surface area (Å²) in [5.41, 5.74) is 0.319. The number of rotatable bonds is 3. The number of halogens is 1. The molecule has 1 aromatic rings. The summed E-state index contributed by atoms with van der Waals surface area (Å²) in [5.74, 6) is -0.774. The number of sulfone groups is 1. The van der Waals surface area contributed by atoms with Gasteiger partial charge in [-0.05, 0) is 32.0 Å². The van der Waals surface area contributed by atoms with E-state index in [9.17, 15) is 18.3 Å². The second-order valence-corrected chi connectivity index (χ2v) is 7.37. The van der Waals surface area contributed by atoms with Crippen molar-refractivity contribution in [2.24, 2.45) is 0 Å². The van der Waals surface area contributed by atoms with Crippen LogP contribution in [0.4, 0.5) is 5.69 Å². The molecule has 2 N–H and O–H groups in total. The summed E-state index contributed by atoms with van der Waals surface area (Å²) in [5, 5.41) is 11.7. The van der Waals surface area contributed by atoms with E-state index in [0.717, 1.165) is 6.26 Å². The van der Waals surface area contributed by atoms with E-state index in [1.54, 1.807) is 0 Å². The van der Waals surface area contributed by atoms with E-state index >= 15 is 0 Å². The normalized spacial score (nSPS) is 12.2. The standard InChI is InChI=1S/C11H14ClNO4S/c1-11(2,18(3,16)17)10(15)13-7-4-5-9(14)8(12)6-7/h4-6,14H,1-3H3,(H,13,15). The number of phenols is 1. The number of nitrogens with one attached hydrogen (secondary N) is 1. The first kappa shape index (κ1) is 14.8. The average Bonchev–Trinajstić information content (AvgIpc) is 2.21. The first-order chi connectivity index (χ1) is 8.05. The average molecular weight is 292 g/mol. The van der Waals surface area contributed by atoms with Gasteiger partial charge in [0.15, 0.2) is 9.84 Å². The molecule has 0 spiro atoms. The molecule has 0 bridgehead atoms. The molecule has 0 aromatic heterocycles. The van der Waals surface area contributed by atoms with Crippen LogP contribution in [-0.2, 0) is 14.6 Å². The van der Waals surface area contributed by atoms with Gasteiger partial charge in [-0.25, -0.2) is 8.42 Å². The van der Waals surface area contributed by atoms with Crippen LogP contribution >= 0.6 is 11.6 Å². The summed E-state index contributed by atoms with van der Waals surface area (Å²) in [6.45, 7) is 2.64. The fourth-order valence-electron chi connectivity index (χ4n) is 1.03. The fraction of sp³-hybridized carbons (Fsp3) is 0.364. The highest BCUT2D eigenvalue weighted by atomic mass is 35.5. The van der Waals surface area contributed by atoms with Gasteiger partial charge in [0.05, 0.1) is 5.02 Å². The quantitative estimate of drug-likeness (QED) is 0.832. The minimum Gasteiger partial charge on any atom is -0.506 e. The second kappa shape index (κ2) is 4.78. The molecular weight excluding hydrogens is 278 g/mol. The predicted molar refractivity (Wildman–Crippen MR) is 70.7 cm³/mol. The fourth-order valence-corrected chi connectivity index (χ4v) is 1.60. The summed E-state index contributed by atoms with van der Waals surface area (Å²) < 4.78 is 21.4. The zero-order chi connectivity index (χ0) is 14.1. The van der Waals surface area contributed by atoms with Crippen molar-refractivity contribution in [3.63, 3.8) is 0 Å². The van der Waals surface area contributed by atoms with Crippen LogP contribution < -0.4 is 5.32 Å². The summed E-state index contributed by atoms with van der Waals surface area (Å²) >= 11 is 5.68. The molecule has 7 heteroatoms. The monoisotopic (exact) mass is 291 g/mol. The maximum atomic E-state index is 11.9. The predicted octanol–water partition coefficient (Wildman–Crippen LogP) is 1.81. The van der Waals surface area contributed by atoms with E-state index in [1.807, 2.05) is 0 Å². The van der Waals surface area contributed by atoms with Crippen molar-refractivity contribution >= 4 is 33.0 Å². The lowest BCUT2D eigenvalue weighted by atomic mass is 10.2. The number of hydrogen-bond donors (Lipinski definition) is 2. The summed E-state index contributed by atoms with van der Waals surface area (Å²) in [4.78, 5) is 11.9. The largest absolute Gasteiger partial charge is 0.506 e. The van der Waals surface area contributed by atoms with E-state index in [4.69, 9.17) is 11.6 Å². The summed E-state index contributed by atoms with van der Waals surface area (Å²) in [7, 11) is -3.53. The van der Waals surface area contributed by atoms with Gasteiger partial charge in [-0.3, -0.25) is 4.79 Å². The highest BCUT2D eigenvalue weighted by Crippen LogP contribution is 2.27. The van der Waals surface area contributed by atoms with Gasteiger partial charge >= 0.3 is 0 Å². The molecule has 0 atom stereocenters. The Bertz CT molecular complexity index is 581. The number of carbonyl (C=O) groups is 1. The molecular formula is C11H14ClNO4S. The van der Waals surface area contributed by atoms with Crippen molar-refractivity contribution in [3.05, 3.63) is 23.2 Å². The molecule has 0 saturated heterocycles.